The minimum atomic E-state index is -2.50. The van der Waals surface area contributed by atoms with Gasteiger partial charge in [0.15, 0.2) is 0 Å². The van der Waals surface area contributed by atoms with Crippen molar-refractivity contribution in [1.82, 2.24) is 0 Å². The third kappa shape index (κ3) is 11.4. The Labute approximate surface area is 136 Å². The van der Waals surface area contributed by atoms with Crippen LogP contribution in [0.15, 0.2) is 0 Å². The van der Waals surface area contributed by atoms with E-state index in [0.29, 0.717) is 0 Å². The first kappa shape index (κ1) is 36.4. The molecule has 0 aromatic rings. The smallest absolute Gasteiger partial charge is 0.547 e. The van der Waals surface area contributed by atoms with Gasteiger partial charge in [-0.3, -0.25) is 0 Å². The molecule has 0 aliphatic carbocycles. The molecule has 0 fully saturated rings. The van der Waals surface area contributed by atoms with E-state index in [9.17, 15) is 19.8 Å². The van der Waals surface area contributed by atoms with E-state index in [1.165, 1.54) is 0 Å². The van der Waals surface area contributed by atoms with Crippen LogP contribution < -0.4 is 10.2 Å². The summed E-state index contributed by atoms with van der Waals surface area (Å²) in [6, 6.07) is 0. The fourth-order valence-electron chi connectivity index (χ4n) is 0.652. The van der Waals surface area contributed by atoms with Crippen LogP contribution in [0.25, 0.3) is 0 Å². The molecule has 114 valence electrons. The van der Waals surface area contributed by atoms with Crippen molar-refractivity contribution in [3.8, 4) is 0 Å². The Hall–Kier alpha value is -0.120. The Morgan fingerprint density at radius 1 is 0.684 bits per heavy atom. The number of rotatable bonds is 5. The molecule has 0 bridgehead atoms. The van der Waals surface area contributed by atoms with Gasteiger partial charge in [-0.25, -0.2) is 0 Å². The Kier molecular flexibility index (Phi) is 30.5. The topological polar surface area (TPSA) is 287 Å². The van der Waals surface area contributed by atoms with E-state index >= 15 is 0 Å². The van der Waals surface area contributed by atoms with Crippen molar-refractivity contribution < 1.29 is 62.1 Å². The second kappa shape index (κ2) is 15.9. The molecule has 13 heteroatoms. The van der Waals surface area contributed by atoms with Gasteiger partial charge in [0, 0.05) is 0 Å². The monoisotopic (exact) mass is 320 g/mol. The number of carboxylic acids is 2. The van der Waals surface area contributed by atoms with Crippen LogP contribution in [-0.2, 0) is 9.59 Å². The van der Waals surface area contributed by atoms with E-state index < -0.39 is 36.4 Å². The standard InChI is InChI=1S/C6H10O8.Ca.4H2O/c7-1(3(9)5(11)12)2(8)4(10)6(13)14;;;;;/h1-4,7-10H,(H,11,12)(H,13,14);;4*1H2/q;+2;;;;/p-2/t1-,2+,3-,4+;;;;;. The molecule has 0 saturated heterocycles. The fourth-order valence-corrected chi connectivity index (χ4v) is 0.652. The molecule has 12 N–H and O–H groups in total. The number of aliphatic carboxylic acids is 2. The van der Waals surface area contributed by atoms with Crippen LogP contribution >= 0.6 is 0 Å². The van der Waals surface area contributed by atoms with E-state index in [1.807, 2.05) is 0 Å². The Morgan fingerprint density at radius 3 is 0.947 bits per heavy atom. The van der Waals surface area contributed by atoms with Gasteiger partial charge in [0.2, 0.25) is 0 Å². The SMILES string of the molecule is O.O.O.O.O=C([O-])[C@@H](O)[C@@H](O)[C@@H](O)[C@@H](O)C(=O)[O-].[Ca+2]. The maximum absolute atomic E-state index is 9.96. The van der Waals surface area contributed by atoms with Crippen molar-refractivity contribution >= 4 is 49.7 Å². The molecule has 0 heterocycles. The maximum atomic E-state index is 9.96. The summed E-state index contributed by atoms with van der Waals surface area (Å²) in [5.74, 6) is -4.22. The first-order valence-corrected chi connectivity index (χ1v) is 3.43. The van der Waals surface area contributed by atoms with E-state index in [-0.39, 0.29) is 59.6 Å². The third-order valence-electron chi connectivity index (χ3n) is 1.48. The van der Waals surface area contributed by atoms with E-state index in [2.05, 4.69) is 0 Å². The van der Waals surface area contributed by atoms with Gasteiger partial charge in [-0.05, 0) is 0 Å². The third-order valence-corrected chi connectivity index (χ3v) is 1.48. The summed E-state index contributed by atoms with van der Waals surface area (Å²) in [4.78, 5) is 19.9. The summed E-state index contributed by atoms with van der Waals surface area (Å²) in [6.45, 7) is 0. The molecular weight excluding hydrogens is 304 g/mol. The van der Waals surface area contributed by atoms with E-state index in [4.69, 9.17) is 20.4 Å². The summed E-state index contributed by atoms with van der Waals surface area (Å²) in [5, 5.41) is 54.7. The summed E-state index contributed by atoms with van der Waals surface area (Å²) in [6.07, 6.45) is -9.76. The first-order valence-electron chi connectivity index (χ1n) is 3.43. The molecule has 4 atom stereocenters. The first-order chi connectivity index (χ1) is 6.29. The van der Waals surface area contributed by atoms with Crippen LogP contribution in [0.2, 0.25) is 0 Å². The quantitative estimate of drug-likeness (QED) is 0.351. The minimum Gasteiger partial charge on any atom is -0.547 e. The zero-order chi connectivity index (χ0) is 11.5. The van der Waals surface area contributed by atoms with Crippen LogP contribution in [0.1, 0.15) is 0 Å². The van der Waals surface area contributed by atoms with Gasteiger partial charge in [-0.15, -0.1) is 0 Å². The molecule has 0 rings (SSSR count). The molecule has 0 aromatic carbocycles. The van der Waals surface area contributed by atoms with Crippen molar-refractivity contribution in [3.63, 3.8) is 0 Å². The summed E-state index contributed by atoms with van der Waals surface area (Å²) in [5.41, 5.74) is 0. The van der Waals surface area contributed by atoms with Gasteiger partial charge < -0.3 is 62.1 Å². The summed E-state index contributed by atoms with van der Waals surface area (Å²) >= 11 is 0. The summed E-state index contributed by atoms with van der Waals surface area (Å²) in [7, 11) is 0. The molecular formula is C6H16CaO12. The number of aliphatic hydroxyl groups excluding tert-OH is 4. The number of hydrogen-bond acceptors (Lipinski definition) is 8. The van der Waals surface area contributed by atoms with Gasteiger partial charge in [-0.2, -0.15) is 0 Å². The normalized spacial score (nSPS) is 14.3. The molecule has 0 aliphatic rings. The second-order valence-corrected chi connectivity index (χ2v) is 2.51. The van der Waals surface area contributed by atoms with Gasteiger partial charge in [0.05, 0.1) is 11.9 Å². The van der Waals surface area contributed by atoms with Crippen LogP contribution in [-0.4, -0.2) is 116 Å². The van der Waals surface area contributed by atoms with E-state index in [1.54, 1.807) is 0 Å². The molecule has 0 aliphatic heterocycles. The van der Waals surface area contributed by atoms with Gasteiger partial charge >= 0.3 is 37.7 Å². The number of aliphatic hydroxyl groups is 4. The van der Waals surface area contributed by atoms with Crippen molar-refractivity contribution in [3.05, 3.63) is 0 Å². The predicted octanol–water partition coefficient (Wildman–Crippen LogP) is -9.75. The minimum absolute atomic E-state index is 0. The Balaban J connectivity index is -0.0000000845. The van der Waals surface area contributed by atoms with Crippen LogP contribution in [0, 0.1) is 0 Å². The maximum Gasteiger partial charge on any atom is 2.00 e. The average Bonchev–Trinajstić information content (AvgIpc) is 2.12. The van der Waals surface area contributed by atoms with Gasteiger partial charge in [-0.1, -0.05) is 0 Å². The molecule has 0 spiro atoms. The molecule has 0 radical (unpaired) electrons. The molecule has 0 amide bonds. The molecule has 0 unspecified atom stereocenters. The van der Waals surface area contributed by atoms with Crippen LogP contribution in [0.5, 0.6) is 0 Å². The molecule has 19 heavy (non-hydrogen) atoms. The number of carbonyl (C=O) groups is 2. The molecule has 0 aromatic heterocycles. The second-order valence-electron chi connectivity index (χ2n) is 2.51. The largest absolute Gasteiger partial charge is 2.00 e. The van der Waals surface area contributed by atoms with Crippen molar-refractivity contribution in [2.45, 2.75) is 24.4 Å². The van der Waals surface area contributed by atoms with Crippen molar-refractivity contribution in [2.75, 3.05) is 0 Å². The number of hydrogen-bond donors (Lipinski definition) is 4. The Bertz CT molecular complexity index is 210. The predicted molar refractivity (Wildman–Crippen MR) is 54.3 cm³/mol. The molecule has 0 saturated carbocycles. The number of carboxylic acid groups (broad SMARTS) is 2. The molecule has 12 nitrogen and oxygen atoms in total. The van der Waals surface area contributed by atoms with Crippen molar-refractivity contribution in [1.29, 1.82) is 0 Å². The van der Waals surface area contributed by atoms with Crippen LogP contribution in [0.4, 0.5) is 0 Å². The van der Waals surface area contributed by atoms with Crippen molar-refractivity contribution in [2.24, 2.45) is 0 Å². The van der Waals surface area contributed by atoms with E-state index in [0.717, 1.165) is 0 Å². The zero-order valence-corrected chi connectivity index (χ0v) is 11.6. The van der Waals surface area contributed by atoms with Crippen LogP contribution in [0.3, 0.4) is 0 Å². The average molecular weight is 320 g/mol. The summed E-state index contributed by atoms with van der Waals surface area (Å²) < 4.78 is 0. The van der Waals surface area contributed by atoms with Gasteiger partial charge in [0.1, 0.15) is 24.4 Å². The zero-order valence-electron chi connectivity index (χ0n) is 9.44. The number of carbonyl (C=O) groups excluding carboxylic acids is 2. The Morgan fingerprint density at radius 2 is 0.842 bits per heavy atom. The fraction of sp³-hybridized carbons (Fsp3) is 0.667. The van der Waals surface area contributed by atoms with Gasteiger partial charge in [0.25, 0.3) is 0 Å².